The van der Waals surface area contributed by atoms with Crippen LogP contribution >= 0.6 is 11.6 Å². The Morgan fingerprint density at radius 2 is 2.27 bits per heavy atom. The third-order valence-corrected chi connectivity index (χ3v) is 2.66. The lowest BCUT2D eigenvalue weighted by molar-refractivity contribution is -0.128. The van der Waals surface area contributed by atoms with Crippen LogP contribution in [0.25, 0.3) is 0 Å². The summed E-state index contributed by atoms with van der Waals surface area (Å²) in [5.41, 5.74) is 0.410. The van der Waals surface area contributed by atoms with Crippen molar-refractivity contribution in [1.29, 1.82) is 0 Å². The fraction of sp³-hybridized carbons (Fsp3) is 0.364. The van der Waals surface area contributed by atoms with Gasteiger partial charge in [0.05, 0.1) is 12.7 Å². The molecule has 0 bridgehead atoms. The van der Waals surface area contributed by atoms with Crippen LogP contribution in [0.1, 0.15) is 24.5 Å². The molecular formula is C11H10ClFO2. The van der Waals surface area contributed by atoms with Gasteiger partial charge in [-0.3, -0.25) is 4.79 Å². The van der Waals surface area contributed by atoms with Crippen molar-refractivity contribution in [3.05, 3.63) is 34.6 Å². The highest BCUT2D eigenvalue weighted by Gasteiger charge is 2.24. The molecule has 0 N–H and O–H groups in total. The van der Waals surface area contributed by atoms with Crippen molar-refractivity contribution in [1.82, 2.24) is 0 Å². The topological polar surface area (TPSA) is 26.3 Å². The fourth-order valence-corrected chi connectivity index (χ4v) is 1.80. The van der Waals surface area contributed by atoms with E-state index in [2.05, 4.69) is 0 Å². The van der Waals surface area contributed by atoms with E-state index in [0.29, 0.717) is 23.6 Å². The quantitative estimate of drug-likeness (QED) is 0.739. The van der Waals surface area contributed by atoms with Crippen molar-refractivity contribution in [2.75, 3.05) is 6.61 Å². The van der Waals surface area contributed by atoms with Crippen molar-refractivity contribution < 1.29 is 13.9 Å². The Balaban J connectivity index is 2.24. The lowest BCUT2D eigenvalue weighted by atomic mass is 10.0. The molecule has 0 radical (unpaired) electrons. The summed E-state index contributed by atoms with van der Waals surface area (Å²) in [6.45, 7) is 0.367. The van der Waals surface area contributed by atoms with Crippen molar-refractivity contribution in [2.45, 2.75) is 18.9 Å². The molecule has 0 amide bonds. The van der Waals surface area contributed by atoms with Gasteiger partial charge in [-0.05, 0) is 12.1 Å². The van der Waals surface area contributed by atoms with Gasteiger partial charge in [-0.2, -0.15) is 0 Å². The van der Waals surface area contributed by atoms with E-state index in [-0.39, 0.29) is 12.2 Å². The summed E-state index contributed by atoms with van der Waals surface area (Å²) in [4.78, 5) is 11.2. The van der Waals surface area contributed by atoms with Crippen LogP contribution in [-0.4, -0.2) is 12.4 Å². The average molecular weight is 229 g/mol. The van der Waals surface area contributed by atoms with E-state index in [4.69, 9.17) is 16.3 Å². The lowest BCUT2D eigenvalue weighted by Gasteiger charge is -2.22. The van der Waals surface area contributed by atoms with Crippen LogP contribution in [0, 0.1) is 5.82 Å². The number of rotatable bonds is 1. The number of ketones is 1. The normalized spacial score (nSPS) is 21.7. The molecule has 1 aliphatic heterocycles. The zero-order chi connectivity index (χ0) is 10.8. The van der Waals surface area contributed by atoms with Gasteiger partial charge in [-0.25, -0.2) is 4.39 Å². The minimum Gasteiger partial charge on any atom is -0.372 e. The minimum absolute atomic E-state index is 0.112. The second kappa shape index (κ2) is 4.29. The number of Topliss-reactive ketones (excluding diaryl/α,β-unsaturated/α-hetero) is 1. The number of halogens is 2. The van der Waals surface area contributed by atoms with Crippen molar-refractivity contribution in [3.63, 3.8) is 0 Å². The van der Waals surface area contributed by atoms with E-state index in [0.717, 1.165) is 0 Å². The van der Waals surface area contributed by atoms with Gasteiger partial charge in [0.25, 0.3) is 0 Å². The number of ether oxygens (including phenoxy) is 1. The lowest BCUT2D eigenvalue weighted by Crippen LogP contribution is -2.20. The molecular weight excluding hydrogens is 219 g/mol. The Morgan fingerprint density at radius 3 is 2.93 bits per heavy atom. The van der Waals surface area contributed by atoms with Crippen molar-refractivity contribution in [2.24, 2.45) is 0 Å². The smallest absolute Gasteiger partial charge is 0.138 e. The first-order chi connectivity index (χ1) is 7.16. The molecule has 1 saturated heterocycles. The Kier molecular flexibility index (Phi) is 3.03. The molecule has 0 spiro atoms. The standard InChI is InChI=1S/C11H10ClFO2/c12-7-1-2-9(10(13)5-7)11-6-8(14)3-4-15-11/h1-2,5,11H,3-4,6H2. The highest BCUT2D eigenvalue weighted by molar-refractivity contribution is 6.30. The molecule has 0 aliphatic carbocycles. The monoisotopic (exact) mass is 228 g/mol. The van der Waals surface area contributed by atoms with E-state index >= 15 is 0 Å². The van der Waals surface area contributed by atoms with E-state index in [9.17, 15) is 9.18 Å². The molecule has 2 rings (SSSR count). The van der Waals surface area contributed by atoms with Crippen LogP contribution in [0.4, 0.5) is 4.39 Å². The fourth-order valence-electron chi connectivity index (χ4n) is 1.65. The Bertz CT molecular complexity index is 392. The Labute approximate surface area is 92.0 Å². The Morgan fingerprint density at radius 1 is 1.47 bits per heavy atom. The highest BCUT2D eigenvalue weighted by Crippen LogP contribution is 2.29. The van der Waals surface area contributed by atoms with Crippen LogP contribution in [0.5, 0.6) is 0 Å². The van der Waals surface area contributed by atoms with Gasteiger partial charge in [0.15, 0.2) is 0 Å². The molecule has 1 aromatic carbocycles. The third-order valence-electron chi connectivity index (χ3n) is 2.42. The summed E-state index contributed by atoms with van der Waals surface area (Å²) < 4.78 is 18.8. The summed E-state index contributed by atoms with van der Waals surface area (Å²) in [5, 5.41) is 0.346. The minimum atomic E-state index is -0.455. The predicted molar refractivity (Wildman–Crippen MR) is 54.3 cm³/mol. The number of hydrogen-bond acceptors (Lipinski definition) is 2. The summed E-state index contributed by atoms with van der Waals surface area (Å²) >= 11 is 5.64. The van der Waals surface area contributed by atoms with Crippen molar-refractivity contribution >= 4 is 17.4 Å². The average Bonchev–Trinajstić information content (AvgIpc) is 2.17. The molecule has 1 aromatic rings. The number of benzene rings is 1. The molecule has 80 valence electrons. The summed E-state index contributed by atoms with van der Waals surface area (Å²) in [5.74, 6) is -0.303. The molecule has 2 nitrogen and oxygen atoms in total. The first kappa shape index (κ1) is 10.6. The molecule has 0 aromatic heterocycles. The van der Waals surface area contributed by atoms with Gasteiger partial charge < -0.3 is 4.74 Å². The van der Waals surface area contributed by atoms with Crippen LogP contribution in [0.2, 0.25) is 5.02 Å². The van der Waals surface area contributed by atoms with Gasteiger partial charge >= 0.3 is 0 Å². The summed E-state index contributed by atoms with van der Waals surface area (Å²) in [7, 11) is 0. The summed E-state index contributed by atoms with van der Waals surface area (Å²) in [6, 6.07) is 4.41. The molecule has 0 saturated carbocycles. The second-order valence-electron chi connectivity index (χ2n) is 3.52. The van der Waals surface area contributed by atoms with Crippen LogP contribution in [0.3, 0.4) is 0 Å². The first-order valence-electron chi connectivity index (χ1n) is 4.75. The zero-order valence-electron chi connectivity index (χ0n) is 8.00. The molecule has 4 heteroatoms. The van der Waals surface area contributed by atoms with Crippen LogP contribution in [-0.2, 0) is 9.53 Å². The van der Waals surface area contributed by atoms with Gasteiger partial charge in [0, 0.05) is 23.4 Å². The molecule has 1 unspecified atom stereocenters. The van der Waals surface area contributed by atoms with Crippen molar-refractivity contribution in [3.8, 4) is 0 Å². The van der Waals surface area contributed by atoms with E-state index in [1.807, 2.05) is 0 Å². The number of carbonyl (C=O) groups is 1. The van der Waals surface area contributed by atoms with Gasteiger partial charge in [-0.15, -0.1) is 0 Å². The second-order valence-corrected chi connectivity index (χ2v) is 3.95. The summed E-state index contributed by atoms with van der Waals surface area (Å²) in [6.07, 6.45) is 0.216. The SMILES string of the molecule is O=C1CCOC(c2ccc(Cl)cc2F)C1. The van der Waals surface area contributed by atoms with E-state index in [1.165, 1.54) is 6.07 Å². The van der Waals surface area contributed by atoms with E-state index < -0.39 is 11.9 Å². The largest absolute Gasteiger partial charge is 0.372 e. The maximum Gasteiger partial charge on any atom is 0.138 e. The van der Waals surface area contributed by atoms with E-state index in [1.54, 1.807) is 12.1 Å². The molecule has 1 atom stereocenters. The number of hydrogen-bond donors (Lipinski definition) is 0. The predicted octanol–water partition coefficient (Wildman–Crippen LogP) is 2.90. The maximum absolute atomic E-state index is 13.5. The Hall–Kier alpha value is -0.930. The highest BCUT2D eigenvalue weighted by atomic mass is 35.5. The third kappa shape index (κ3) is 2.36. The molecule has 1 aliphatic rings. The van der Waals surface area contributed by atoms with Crippen LogP contribution in [0.15, 0.2) is 18.2 Å². The first-order valence-corrected chi connectivity index (χ1v) is 5.13. The molecule has 15 heavy (non-hydrogen) atoms. The van der Waals surface area contributed by atoms with Crippen LogP contribution < -0.4 is 0 Å². The zero-order valence-corrected chi connectivity index (χ0v) is 8.76. The molecule has 1 heterocycles. The molecule has 1 fully saturated rings. The van der Waals surface area contributed by atoms with Gasteiger partial charge in [0.2, 0.25) is 0 Å². The maximum atomic E-state index is 13.5. The van der Waals surface area contributed by atoms with Gasteiger partial charge in [0.1, 0.15) is 11.6 Å². The van der Waals surface area contributed by atoms with Gasteiger partial charge in [-0.1, -0.05) is 17.7 Å². The number of carbonyl (C=O) groups excluding carboxylic acids is 1.